The van der Waals surface area contributed by atoms with E-state index in [1.807, 2.05) is 11.5 Å². The van der Waals surface area contributed by atoms with Crippen LogP contribution in [0.3, 0.4) is 0 Å². The second-order valence-corrected chi connectivity index (χ2v) is 5.10. The fourth-order valence-corrected chi connectivity index (χ4v) is 2.53. The van der Waals surface area contributed by atoms with Gasteiger partial charge in [-0.25, -0.2) is 9.97 Å². The Hall–Kier alpha value is -1.27. The van der Waals surface area contributed by atoms with Gasteiger partial charge in [-0.3, -0.25) is 4.79 Å². The van der Waals surface area contributed by atoms with E-state index in [2.05, 4.69) is 9.97 Å². The minimum Gasteiger partial charge on any atom is -0.481 e. The average molecular weight is 286 g/mol. The predicted molar refractivity (Wildman–Crippen MR) is 71.2 cm³/mol. The standard InChI is InChI=1S/C11H12ClN3O2S/c1-2-3-15-10-8(4-7(12)5-13-10)14-11(15)18-6-9(16)17/h4-5H,2-3,6H2,1H3,(H,16,17). The molecule has 18 heavy (non-hydrogen) atoms. The topological polar surface area (TPSA) is 68.0 Å². The molecule has 0 aliphatic heterocycles. The van der Waals surface area contributed by atoms with Crippen molar-refractivity contribution >= 4 is 40.5 Å². The molecule has 0 aliphatic rings. The van der Waals surface area contributed by atoms with Gasteiger partial charge >= 0.3 is 5.97 Å². The molecular weight excluding hydrogens is 274 g/mol. The molecule has 7 heteroatoms. The Morgan fingerprint density at radius 1 is 1.61 bits per heavy atom. The fourth-order valence-electron chi connectivity index (χ4n) is 1.63. The predicted octanol–water partition coefficient (Wildman–Crippen LogP) is 2.67. The highest BCUT2D eigenvalue weighted by Crippen LogP contribution is 2.24. The van der Waals surface area contributed by atoms with Gasteiger partial charge in [0.2, 0.25) is 0 Å². The summed E-state index contributed by atoms with van der Waals surface area (Å²) in [5, 5.41) is 9.92. The number of thioether (sulfide) groups is 1. The highest BCUT2D eigenvalue weighted by atomic mass is 35.5. The van der Waals surface area contributed by atoms with Crippen LogP contribution in [0.15, 0.2) is 17.4 Å². The molecule has 0 aliphatic carbocycles. The Kier molecular flexibility index (Phi) is 4.08. The largest absolute Gasteiger partial charge is 0.481 e. The summed E-state index contributed by atoms with van der Waals surface area (Å²) in [6.45, 7) is 2.81. The van der Waals surface area contributed by atoms with Gasteiger partial charge in [0, 0.05) is 12.7 Å². The van der Waals surface area contributed by atoms with Crippen LogP contribution in [0.2, 0.25) is 5.02 Å². The molecule has 2 aromatic rings. The summed E-state index contributed by atoms with van der Waals surface area (Å²) in [4.78, 5) is 19.3. The van der Waals surface area contributed by atoms with E-state index in [1.165, 1.54) is 11.8 Å². The second-order valence-electron chi connectivity index (χ2n) is 3.72. The number of nitrogens with zero attached hydrogens (tertiary/aromatic N) is 3. The van der Waals surface area contributed by atoms with Crippen LogP contribution in [-0.2, 0) is 11.3 Å². The van der Waals surface area contributed by atoms with Gasteiger partial charge in [-0.2, -0.15) is 0 Å². The third-order valence-corrected chi connectivity index (χ3v) is 3.46. The highest BCUT2D eigenvalue weighted by molar-refractivity contribution is 7.99. The van der Waals surface area contributed by atoms with E-state index >= 15 is 0 Å². The van der Waals surface area contributed by atoms with Crippen molar-refractivity contribution in [1.29, 1.82) is 0 Å². The number of hydrogen-bond acceptors (Lipinski definition) is 4. The minimum atomic E-state index is -0.860. The Labute approximate surface area is 113 Å². The number of hydrogen-bond donors (Lipinski definition) is 1. The monoisotopic (exact) mass is 285 g/mol. The van der Waals surface area contributed by atoms with Crippen molar-refractivity contribution in [3.05, 3.63) is 17.3 Å². The number of aromatic nitrogens is 3. The van der Waals surface area contributed by atoms with Crippen molar-refractivity contribution in [2.45, 2.75) is 25.0 Å². The van der Waals surface area contributed by atoms with Crippen LogP contribution >= 0.6 is 23.4 Å². The summed E-state index contributed by atoms with van der Waals surface area (Å²) < 4.78 is 1.93. The Bertz CT molecular complexity index is 585. The summed E-state index contributed by atoms with van der Waals surface area (Å²) in [6.07, 6.45) is 2.50. The lowest BCUT2D eigenvalue weighted by Crippen LogP contribution is -2.03. The molecule has 0 amide bonds. The first-order chi connectivity index (χ1) is 8.61. The van der Waals surface area contributed by atoms with E-state index < -0.39 is 5.97 Å². The van der Waals surface area contributed by atoms with Crippen LogP contribution in [-0.4, -0.2) is 31.4 Å². The zero-order chi connectivity index (χ0) is 13.1. The summed E-state index contributed by atoms with van der Waals surface area (Å²) in [6, 6.07) is 1.74. The molecule has 1 N–H and O–H groups in total. The van der Waals surface area contributed by atoms with Gasteiger partial charge in [0.15, 0.2) is 10.8 Å². The van der Waals surface area contributed by atoms with E-state index in [9.17, 15) is 4.79 Å². The lowest BCUT2D eigenvalue weighted by atomic mass is 10.4. The number of aliphatic carboxylic acids is 1. The van der Waals surface area contributed by atoms with Gasteiger partial charge in [-0.1, -0.05) is 30.3 Å². The molecule has 0 spiro atoms. The Balaban J connectivity index is 2.43. The number of carbonyl (C=O) groups is 1. The number of fused-ring (bicyclic) bond motifs is 1. The maximum atomic E-state index is 10.6. The molecule has 0 saturated heterocycles. The number of imidazole rings is 1. The van der Waals surface area contributed by atoms with Gasteiger partial charge in [0.25, 0.3) is 0 Å². The zero-order valence-corrected chi connectivity index (χ0v) is 11.3. The number of aryl methyl sites for hydroxylation is 1. The molecule has 0 aromatic carbocycles. The summed E-state index contributed by atoms with van der Waals surface area (Å²) in [7, 11) is 0. The number of carboxylic acids is 1. The van der Waals surface area contributed by atoms with Crippen molar-refractivity contribution in [2.75, 3.05) is 5.75 Å². The molecule has 2 heterocycles. The summed E-state index contributed by atoms with van der Waals surface area (Å²) >= 11 is 7.07. The number of rotatable bonds is 5. The van der Waals surface area contributed by atoms with Crippen molar-refractivity contribution in [2.24, 2.45) is 0 Å². The van der Waals surface area contributed by atoms with Crippen molar-refractivity contribution in [3.8, 4) is 0 Å². The minimum absolute atomic E-state index is 0.0131. The lowest BCUT2D eigenvalue weighted by Gasteiger charge is -2.05. The number of halogens is 1. The maximum absolute atomic E-state index is 10.6. The second kappa shape index (κ2) is 5.58. The fraction of sp³-hybridized carbons (Fsp3) is 0.364. The third-order valence-electron chi connectivity index (χ3n) is 2.29. The quantitative estimate of drug-likeness (QED) is 0.856. The molecule has 2 rings (SSSR count). The summed E-state index contributed by atoms with van der Waals surface area (Å²) in [5.41, 5.74) is 1.44. The van der Waals surface area contributed by atoms with E-state index in [-0.39, 0.29) is 5.75 Å². The first kappa shape index (κ1) is 13.2. The third kappa shape index (κ3) is 2.76. The first-order valence-electron chi connectivity index (χ1n) is 5.48. The van der Waals surface area contributed by atoms with Gasteiger partial charge in [0.05, 0.1) is 10.8 Å². The Morgan fingerprint density at radius 3 is 3.06 bits per heavy atom. The number of pyridine rings is 1. The van der Waals surface area contributed by atoms with Crippen LogP contribution in [0.1, 0.15) is 13.3 Å². The molecule has 5 nitrogen and oxygen atoms in total. The molecule has 0 bridgehead atoms. The molecule has 2 aromatic heterocycles. The van der Waals surface area contributed by atoms with Gasteiger partial charge < -0.3 is 9.67 Å². The molecule has 0 radical (unpaired) electrons. The van der Waals surface area contributed by atoms with Gasteiger partial charge in [-0.05, 0) is 12.5 Å². The molecule has 0 fully saturated rings. The summed E-state index contributed by atoms with van der Waals surface area (Å²) in [5.74, 6) is -0.873. The smallest absolute Gasteiger partial charge is 0.313 e. The lowest BCUT2D eigenvalue weighted by molar-refractivity contribution is -0.133. The van der Waals surface area contributed by atoms with Gasteiger partial charge in [0.1, 0.15) is 5.52 Å². The van der Waals surface area contributed by atoms with E-state index in [4.69, 9.17) is 16.7 Å². The van der Waals surface area contributed by atoms with Crippen molar-refractivity contribution < 1.29 is 9.90 Å². The first-order valence-corrected chi connectivity index (χ1v) is 6.84. The van der Waals surface area contributed by atoms with E-state index in [0.29, 0.717) is 15.7 Å². The van der Waals surface area contributed by atoms with E-state index in [1.54, 1.807) is 12.3 Å². The Morgan fingerprint density at radius 2 is 2.39 bits per heavy atom. The van der Waals surface area contributed by atoms with Crippen LogP contribution in [0, 0.1) is 0 Å². The van der Waals surface area contributed by atoms with Crippen molar-refractivity contribution in [1.82, 2.24) is 14.5 Å². The van der Waals surface area contributed by atoms with Crippen LogP contribution in [0.25, 0.3) is 11.2 Å². The van der Waals surface area contributed by atoms with Crippen LogP contribution in [0.5, 0.6) is 0 Å². The van der Waals surface area contributed by atoms with E-state index in [0.717, 1.165) is 18.6 Å². The number of carboxylic acid groups (broad SMARTS) is 1. The molecule has 0 saturated carbocycles. The molecular formula is C11H12ClN3O2S. The SMILES string of the molecule is CCCn1c(SCC(=O)O)nc2cc(Cl)cnc21. The van der Waals surface area contributed by atoms with Crippen LogP contribution < -0.4 is 0 Å². The molecule has 96 valence electrons. The zero-order valence-electron chi connectivity index (χ0n) is 9.76. The van der Waals surface area contributed by atoms with Gasteiger partial charge in [-0.15, -0.1) is 0 Å². The molecule has 0 atom stereocenters. The van der Waals surface area contributed by atoms with Crippen molar-refractivity contribution in [3.63, 3.8) is 0 Å². The van der Waals surface area contributed by atoms with Crippen LogP contribution in [0.4, 0.5) is 0 Å². The average Bonchev–Trinajstić information content (AvgIpc) is 2.64. The molecule has 0 unspecified atom stereocenters. The maximum Gasteiger partial charge on any atom is 0.313 e. The highest BCUT2D eigenvalue weighted by Gasteiger charge is 2.13. The normalized spacial score (nSPS) is 11.0.